The summed E-state index contributed by atoms with van der Waals surface area (Å²) < 4.78 is 0. The highest BCUT2D eigenvalue weighted by molar-refractivity contribution is 5.93. The molecule has 3 nitrogen and oxygen atoms in total. The summed E-state index contributed by atoms with van der Waals surface area (Å²) in [5.41, 5.74) is 5.70. The van der Waals surface area contributed by atoms with Gasteiger partial charge in [0.1, 0.15) is 0 Å². The van der Waals surface area contributed by atoms with Crippen molar-refractivity contribution in [1.29, 1.82) is 0 Å². The fourth-order valence-electron chi connectivity index (χ4n) is 2.47. The second-order valence-corrected chi connectivity index (χ2v) is 5.47. The van der Waals surface area contributed by atoms with Crippen molar-refractivity contribution in [2.45, 2.75) is 6.92 Å². The van der Waals surface area contributed by atoms with E-state index in [1.165, 1.54) is 0 Å². The zero-order valence-electron chi connectivity index (χ0n) is 13.1. The fraction of sp³-hybridized carbons (Fsp3) is 0.0500. The quantitative estimate of drug-likeness (QED) is 0.674. The largest absolute Gasteiger partial charge is 0.360 e. The van der Waals surface area contributed by atoms with E-state index in [4.69, 9.17) is 0 Å². The minimum absolute atomic E-state index is 0.829. The number of para-hydroxylation sites is 1. The van der Waals surface area contributed by atoms with Crippen LogP contribution in [0, 0.1) is 0 Å². The van der Waals surface area contributed by atoms with Gasteiger partial charge in [0.05, 0.1) is 5.52 Å². The molecule has 2 aromatic carbocycles. The Morgan fingerprint density at radius 1 is 0.870 bits per heavy atom. The van der Waals surface area contributed by atoms with Gasteiger partial charge in [-0.1, -0.05) is 37.4 Å². The summed E-state index contributed by atoms with van der Waals surface area (Å²) in [6.07, 6.45) is 1.80. The maximum absolute atomic E-state index is 4.47. The highest BCUT2D eigenvalue weighted by atomic mass is 14.9. The lowest BCUT2D eigenvalue weighted by molar-refractivity contribution is 1.39. The summed E-state index contributed by atoms with van der Waals surface area (Å²) in [6.45, 7) is 9.93. The van der Waals surface area contributed by atoms with Crippen LogP contribution in [0.15, 0.2) is 79.6 Å². The summed E-state index contributed by atoms with van der Waals surface area (Å²) in [7, 11) is 0. The predicted octanol–water partition coefficient (Wildman–Crippen LogP) is 5.26. The third-order valence-corrected chi connectivity index (χ3v) is 3.50. The fourth-order valence-corrected chi connectivity index (χ4v) is 2.47. The van der Waals surface area contributed by atoms with Crippen molar-refractivity contribution in [2.75, 3.05) is 10.6 Å². The van der Waals surface area contributed by atoms with E-state index < -0.39 is 0 Å². The van der Waals surface area contributed by atoms with Gasteiger partial charge in [0, 0.05) is 39.9 Å². The molecule has 2 N–H and O–H groups in total. The Balaban J connectivity index is 1.82. The van der Waals surface area contributed by atoms with Crippen molar-refractivity contribution in [3.8, 4) is 0 Å². The van der Waals surface area contributed by atoms with Gasteiger partial charge in [0.15, 0.2) is 0 Å². The molecule has 0 spiro atoms. The lowest BCUT2D eigenvalue weighted by Gasteiger charge is -2.13. The maximum Gasteiger partial charge on any atom is 0.0794 e. The van der Waals surface area contributed by atoms with E-state index in [9.17, 15) is 0 Å². The van der Waals surface area contributed by atoms with E-state index in [1.54, 1.807) is 6.20 Å². The maximum atomic E-state index is 4.47. The molecule has 3 aromatic rings. The molecule has 0 saturated heterocycles. The molecular weight excluding hydrogens is 282 g/mol. The van der Waals surface area contributed by atoms with Crippen LogP contribution in [0.2, 0.25) is 0 Å². The zero-order chi connectivity index (χ0) is 16.2. The highest BCUT2D eigenvalue weighted by Gasteiger charge is 2.06. The lowest BCUT2D eigenvalue weighted by Crippen LogP contribution is -1.99. The Labute approximate surface area is 136 Å². The predicted molar refractivity (Wildman–Crippen MR) is 99.3 cm³/mol. The first-order valence-corrected chi connectivity index (χ1v) is 7.46. The molecule has 0 radical (unpaired) electrons. The average Bonchev–Trinajstić information content (AvgIpc) is 2.55. The summed E-state index contributed by atoms with van der Waals surface area (Å²) in [5, 5.41) is 7.64. The smallest absolute Gasteiger partial charge is 0.0794 e. The molecule has 0 aliphatic carbocycles. The van der Waals surface area contributed by atoms with Crippen molar-refractivity contribution >= 4 is 28.0 Å². The van der Waals surface area contributed by atoms with E-state index >= 15 is 0 Å². The van der Waals surface area contributed by atoms with Crippen molar-refractivity contribution in [1.82, 2.24) is 4.98 Å². The molecule has 1 heterocycles. The molecule has 0 atom stereocenters. The van der Waals surface area contributed by atoms with Crippen LogP contribution in [-0.4, -0.2) is 4.98 Å². The Bertz CT molecular complexity index is 858. The molecule has 0 unspecified atom stereocenters. The van der Waals surface area contributed by atoms with E-state index in [1.807, 2.05) is 49.4 Å². The second-order valence-electron chi connectivity index (χ2n) is 5.47. The van der Waals surface area contributed by atoms with Crippen molar-refractivity contribution in [3.05, 3.63) is 85.2 Å². The second kappa shape index (κ2) is 6.36. The number of rotatable bonds is 5. The van der Waals surface area contributed by atoms with Crippen LogP contribution in [0.1, 0.15) is 12.5 Å². The molecule has 3 heteroatoms. The number of hydrogen-bond acceptors (Lipinski definition) is 3. The van der Waals surface area contributed by atoms with Crippen LogP contribution >= 0.6 is 0 Å². The van der Waals surface area contributed by atoms with Crippen LogP contribution in [0.4, 0.5) is 11.4 Å². The molecule has 1 aromatic heterocycles. The number of benzene rings is 2. The Morgan fingerprint density at radius 3 is 2.22 bits per heavy atom. The molecular formula is C20H19N3. The van der Waals surface area contributed by atoms with Gasteiger partial charge >= 0.3 is 0 Å². The van der Waals surface area contributed by atoms with Gasteiger partial charge in [0.25, 0.3) is 0 Å². The SMILES string of the molecule is C=C(C)Nc1ccc(NC(=C)c2cccc3cccnc23)cc1. The van der Waals surface area contributed by atoms with Crippen LogP contribution < -0.4 is 10.6 Å². The summed E-state index contributed by atoms with van der Waals surface area (Å²) in [6, 6.07) is 18.1. The van der Waals surface area contributed by atoms with Crippen molar-refractivity contribution in [3.63, 3.8) is 0 Å². The van der Waals surface area contributed by atoms with Crippen LogP contribution in [-0.2, 0) is 0 Å². The molecule has 3 rings (SSSR count). The molecule has 0 fully saturated rings. The molecule has 23 heavy (non-hydrogen) atoms. The van der Waals surface area contributed by atoms with Gasteiger partial charge in [-0.25, -0.2) is 0 Å². The van der Waals surface area contributed by atoms with Gasteiger partial charge in [-0.3, -0.25) is 4.98 Å². The first-order valence-electron chi connectivity index (χ1n) is 7.46. The summed E-state index contributed by atoms with van der Waals surface area (Å²) in [4.78, 5) is 4.47. The number of hydrogen-bond donors (Lipinski definition) is 2. The number of anilines is 2. The molecule has 114 valence electrons. The number of pyridine rings is 1. The molecule has 0 bridgehead atoms. The van der Waals surface area contributed by atoms with E-state index in [0.29, 0.717) is 0 Å². The molecule has 0 saturated carbocycles. The Morgan fingerprint density at radius 2 is 1.52 bits per heavy atom. The van der Waals surface area contributed by atoms with Gasteiger partial charge in [-0.15, -0.1) is 0 Å². The highest BCUT2D eigenvalue weighted by Crippen LogP contribution is 2.24. The monoisotopic (exact) mass is 301 g/mol. The van der Waals surface area contributed by atoms with Crippen LogP contribution in [0.25, 0.3) is 16.6 Å². The van der Waals surface area contributed by atoms with Crippen molar-refractivity contribution < 1.29 is 0 Å². The minimum atomic E-state index is 0.829. The Hall–Kier alpha value is -3.07. The number of fused-ring (bicyclic) bond motifs is 1. The van der Waals surface area contributed by atoms with Gasteiger partial charge in [-0.2, -0.15) is 0 Å². The normalized spacial score (nSPS) is 10.3. The van der Waals surface area contributed by atoms with Gasteiger partial charge in [0.2, 0.25) is 0 Å². The number of allylic oxidation sites excluding steroid dienone is 1. The van der Waals surface area contributed by atoms with Crippen LogP contribution in [0.5, 0.6) is 0 Å². The molecule has 0 amide bonds. The zero-order valence-corrected chi connectivity index (χ0v) is 13.1. The van der Waals surface area contributed by atoms with E-state index in [2.05, 4.69) is 40.9 Å². The van der Waals surface area contributed by atoms with Crippen molar-refractivity contribution in [2.24, 2.45) is 0 Å². The standard InChI is InChI=1S/C20H19N3/c1-14(2)22-17-9-11-18(12-10-17)23-15(3)19-8-4-6-16-7-5-13-21-20(16)19/h4-13,22-23H,1,3H2,2H3. The third-order valence-electron chi connectivity index (χ3n) is 3.50. The molecule has 0 aliphatic rings. The topological polar surface area (TPSA) is 37.0 Å². The lowest BCUT2D eigenvalue weighted by atomic mass is 10.1. The van der Waals surface area contributed by atoms with Gasteiger partial charge in [-0.05, 0) is 37.3 Å². The minimum Gasteiger partial charge on any atom is -0.360 e. The summed E-state index contributed by atoms with van der Waals surface area (Å²) in [5.74, 6) is 0. The Kier molecular flexibility index (Phi) is 4.11. The number of nitrogens with zero attached hydrogens (tertiary/aromatic N) is 1. The number of nitrogens with one attached hydrogen (secondary N) is 2. The average molecular weight is 301 g/mol. The third kappa shape index (κ3) is 3.40. The van der Waals surface area contributed by atoms with E-state index in [-0.39, 0.29) is 0 Å². The molecule has 0 aliphatic heterocycles. The van der Waals surface area contributed by atoms with Gasteiger partial charge < -0.3 is 10.6 Å². The van der Waals surface area contributed by atoms with Crippen LogP contribution in [0.3, 0.4) is 0 Å². The number of aromatic nitrogens is 1. The summed E-state index contributed by atoms with van der Waals surface area (Å²) >= 11 is 0. The first-order chi connectivity index (χ1) is 11.1. The van der Waals surface area contributed by atoms with E-state index in [0.717, 1.165) is 39.2 Å². The first kappa shape index (κ1) is 14.9.